The lowest BCUT2D eigenvalue weighted by Gasteiger charge is -2.28. The molecular formula is C18H31ClN4O. The van der Waals surface area contributed by atoms with Crippen LogP contribution < -0.4 is 10.6 Å². The first-order chi connectivity index (χ1) is 11.2. The number of nitrogens with zero attached hydrogens (tertiary/aromatic N) is 2. The average molecular weight is 355 g/mol. The van der Waals surface area contributed by atoms with Crippen LogP contribution in [-0.4, -0.2) is 35.3 Å². The van der Waals surface area contributed by atoms with Gasteiger partial charge in [0.25, 0.3) is 5.91 Å². The van der Waals surface area contributed by atoms with E-state index in [0.717, 1.165) is 26.1 Å². The van der Waals surface area contributed by atoms with Crippen LogP contribution in [0.15, 0.2) is 12.3 Å². The molecule has 1 amide bonds. The lowest BCUT2D eigenvalue weighted by molar-refractivity contribution is 0.0922. The molecule has 1 aromatic heterocycles. The van der Waals surface area contributed by atoms with Gasteiger partial charge in [-0.15, -0.1) is 12.4 Å². The highest BCUT2D eigenvalue weighted by Gasteiger charge is 2.26. The average Bonchev–Trinajstić information content (AvgIpc) is 2.97. The van der Waals surface area contributed by atoms with Gasteiger partial charge >= 0.3 is 0 Å². The molecule has 5 nitrogen and oxygen atoms in total. The predicted molar refractivity (Wildman–Crippen MR) is 98.8 cm³/mol. The van der Waals surface area contributed by atoms with Crippen molar-refractivity contribution in [2.24, 2.45) is 5.41 Å². The van der Waals surface area contributed by atoms with E-state index in [4.69, 9.17) is 0 Å². The fourth-order valence-electron chi connectivity index (χ4n) is 3.86. The third-order valence-electron chi connectivity index (χ3n) is 5.47. The summed E-state index contributed by atoms with van der Waals surface area (Å²) in [5.74, 6) is -0.0296. The summed E-state index contributed by atoms with van der Waals surface area (Å²) in [7, 11) is 0. The van der Waals surface area contributed by atoms with Gasteiger partial charge in [0.1, 0.15) is 5.69 Å². The third-order valence-corrected chi connectivity index (χ3v) is 5.47. The molecule has 0 aromatic carbocycles. The Labute approximate surface area is 151 Å². The van der Waals surface area contributed by atoms with Crippen LogP contribution in [0.2, 0.25) is 0 Å². The van der Waals surface area contributed by atoms with Crippen LogP contribution >= 0.6 is 12.4 Å². The number of nitrogens with one attached hydrogen (secondary N) is 2. The minimum Gasteiger partial charge on any atom is -0.350 e. The maximum absolute atomic E-state index is 12.4. The van der Waals surface area contributed by atoms with E-state index in [1.165, 1.54) is 44.9 Å². The zero-order valence-corrected chi connectivity index (χ0v) is 15.5. The molecule has 1 unspecified atom stereocenters. The van der Waals surface area contributed by atoms with E-state index >= 15 is 0 Å². The molecule has 1 saturated carbocycles. The van der Waals surface area contributed by atoms with Gasteiger partial charge in [0, 0.05) is 19.3 Å². The number of rotatable bonds is 4. The molecule has 1 aromatic rings. The van der Waals surface area contributed by atoms with Gasteiger partial charge in [-0.3, -0.25) is 9.48 Å². The molecular weight excluding hydrogens is 324 g/mol. The summed E-state index contributed by atoms with van der Waals surface area (Å²) in [5.41, 5.74) is 0.801. The number of carbonyl (C=O) groups excluding carboxylic acids is 1. The summed E-state index contributed by atoms with van der Waals surface area (Å²) < 4.78 is 1.95. The van der Waals surface area contributed by atoms with Crippen LogP contribution in [0, 0.1) is 5.41 Å². The van der Waals surface area contributed by atoms with Crippen LogP contribution in [0.3, 0.4) is 0 Å². The van der Waals surface area contributed by atoms with Gasteiger partial charge in [-0.1, -0.05) is 32.6 Å². The normalized spacial score (nSPS) is 23.8. The highest BCUT2D eigenvalue weighted by molar-refractivity contribution is 5.92. The molecule has 24 heavy (non-hydrogen) atoms. The van der Waals surface area contributed by atoms with E-state index in [2.05, 4.69) is 22.7 Å². The Morgan fingerprint density at radius 1 is 1.33 bits per heavy atom. The number of amides is 1. The summed E-state index contributed by atoms with van der Waals surface area (Å²) >= 11 is 0. The standard InChI is InChI=1S/C18H30N4O.ClH/c1-18(9-4-2-3-5-10-18)14-20-17(23)16-8-12-22(21-16)15-7-6-11-19-13-15;/h8,12,15,19H,2-7,9-11,13-14H2,1H3,(H,20,23);1H. The molecule has 1 aliphatic heterocycles. The van der Waals surface area contributed by atoms with Crippen LogP contribution in [0.1, 0.15) is 74.8 Å². The monoisotopic (exact) mass is 354 g/mol. The predicted octanol–water partition coefficient (Wildman–Crippen LogP) is 3.32. The van der Waals surface area contributed by atoms with E-state index in [9.17, 15) is 4.79 Å². The SMILES string of the molecule is CC1(CNC(=O)c2ccn(C3CCCNC3)n2)CCCCCC1.Cl. The highest BCUT2D eigenvalue weighted by atomic mass is 35.5. The van der Waals surface area contributed by atoms with Crippen molar-refractivity contribution in [1.29, 1.82) is 0 Å². The van der Waals surface area contributed by atoms with Gasteiger partial charge in [-0.05, 0) is 43.7 Å². The van der Waals surface area contributed by atoms with Crippen molar-refractivity contribution in [2.45, 2.75) is 64.3 Å². The molecule has 136 valence electrons. The van der Waals surface area contributed by atoms with E-state index < -0.39 is 0 Å². The molecule has 3 rings (SSSR count). The van der Waals surface area contributed by atoms with Crippen LogP contribution in [0.25, 0.3) is 0 Å². The molecule has 2 aliphatic rings. The van der Waals surface area contributed by atoms with Crippen molar-refractivity contribution in [1.82, 2.24) is 20.4 Å². The topological polar surface area (TPSA) is 59.0 Å². The molecule has 1 saturated heterocycles. The second-order valence-electron chi connectivity index (χ2n) is 7.59. The molecule has 2 heterocycles. The summed E-state index contributed by atoms with van der Waals surface area (Å²) in [6.07, 6.45) is 11.9. The smallest absolute Gasteiger partial charge is 0.271 e. The first-order valence-corrected chi connectivity index (χ1v) is 9.20. The Hall–Kier alpha value is -1.07. The van der Waals surface area contributed by atoms with Crippen LogP contribution in [0.4, 0.5) is 0 Å². The van der Waals surface area contributed by atoms with Crippen LogP contribution in [-0.2, 0) is 0 Å². The first-order valence-electron chi connectivity index (χ1n) is 9.20. The molecule has 2 N–H and O–H groups in total. The van der Waals surface area contributed by atoms with Crippen molar-refractivity contribution in [3.8, 4) is 0 Å². The largest absolute Gasteiger partial charge is 0.350 e. The number of halogens is 1. The van der Waals surface area contributed by atoms with E-state index in [1.807, 2.05) is 16.9 Å². The molecule has 2 fully saturated rings. The maximum atomic E-state index is 12.4. The Kier molecular flexibility index (Phi) is 7.11. The van der Waals surface area contributed by atoms with Crippen molar-refractivity contribution in [3.63, 3.8) is 0 Å². The van der Waals surface area contributed by atoms with Gasteiger partial charge in [0.15, 0.2) is 0 Å². The third kappa shape index (κ3) is 4.96. The van der Waals surface area contributed by atoms with Gasteiger partial charge in [-0.2, -0.15) is 5.10 Å². The van der Waals surface area contributed by atoms with E-state index in [1.54, 1.807) is 0 Å². The minimum absolute atomic E-state index is 0. The second-order valence-corrected chi connectivity index (χ2v) is 7.59. The quantitative estimate of drug-likeness (QED) is 0.815. The Morgan fingerprint density at radius 2 is 2.08 bits per heavy atom. The minimum atomic E-state index is -0.0296. The Balaban J connectivity index is 0.00000208. The number of carbonyl (C=O) groups is 1. The zero-order chi connectivity index (χ0) is 16.1. The van der Waals surface area contributed by atoms with Gasteiger partial charge in [0.05, 0.1) is 6.04 Å². The molecule has 6 heteroatoms. The maximum Gasteiger partial charge on any atom is 0.271 e. The van der Waals surface area contributed by atoms with Gasteiger partial charge in [0.2, 0.25) is 0 Å². The number of hydrogen-bond donors (Lipinski definition) is 2. The summed E-state index contributed by atoms with van der Waals surface area (Å²) in [4.78, 5) is 12.4. The van der Waals surface area contributed by atoms with Gasteiger partial charge < -0.3 is 10.6 Å². The van der Waals surface area contributed by atoms with Crippen LogP contribution in [0.5, 0.6) is 0 Å². The first kappa shape index (κ1) is 19.3. The zero-order valence-electron chi connectivity index (χ0n) is 14.7. The summed E-state index contributed by atoms with van der Waals surface area (Å²) in [6, 6.07) is 2.23. The number of aromatic nitrogens is 2. The van der Waals surface area contributed by atoms with E-state index in [0.29, 0.717) is 11.7 Å². The number of piperidine rings is 1. The van der Waals surface area contributed by atoms with Crippen molar-refractivity contribution < 1.29 is 4.79 Å². The molecule has 0 bridgehead atoms. The molecule has 0 radical (unpaired) electrons. The molecule has 0 spiro atoms. The highest BCUT2D eigenvalue weighted by Crippen LogP contribution is 2.33. The lowest BCUT2D eigenvalue weighted by Crippen LogP contribution is -2.36. The fraction of sp³-hybridized carbons (Fsp3) is 0.778. The van der Waals surface area contributed by atoms with Gasteiger partial charge in [-0.25, -0.2) is 0 Å². The molecule has 1 aliphatic carbocycles. The van der Waals surface area contributed by atoms with Crippen molar-refractivity contribution in [2.75, 3.05) is 19.6 Å². The Morgan fingerprint density at radius 3 is 2.75 bits per heavy atom. The fourth-order valence-corrected chi connectivity index (χ4v) is 3.86. The molecule has 1 atom stereocenters. The lowest BCUT2D eigenvalue weighted by atomic mass is 9.82. The summed E-state index contributed by atoms with van der Waals surface area (Å²) in [5, 5.41) is 11.0. The van der Waals surface area contributed by atoms with Crippen molar-refractivity contribution in [3.05, 3.63) is 18.0 Å². The second kappa shape index (κ2) is 8.86. The van der Waals surface area contributed by atoms with Crippen molar-refractivity contribution >= 4 is 18.3 Å². The Bertz CT molecular complexity index is 517. The summed E-state index contributed by atoms with van der Waals surface area (Å²) in [6.45, 7) is 5.11. The van der Waals surface area contributed by atoms with E-state index in [-0.39, 0.29) is 23.7 Å². The number of hydrogen-bond acceptors (Lipinski definition) is 3.